The number of nitrogens with one attached hydrogen (secondary N) is 1. The summed E-state index contributed by atoms with van der Waals surface area (Å²) in [5.41, 5.74) is 0. The third-order valence-corrected chi connectivity index (χ3v) is 10.6. The highest BCUT2D eigenvalue weighted by Crippen LogP contribution is 2.15. The molecule has 2 atom stereocenters. The molecule has 0 saturated heterocycles. The molecule has 4 heteroatoms. The van der Waals surface area contributed by atoms with Gasteiger partial charge in [-0.1, -0.05) is 224 Å². The lowest BCUT2D eigenvalue weighted by Crippen LogP contribution is -2.45. The van der Waals surface area contributed by atoms with E-state index in [1.807, 2.05) is 6.08 Å². The number of hydrogen-bond donors (Lipinski definition) is 3. The van der Waals surface area contributed by atoms with Crippen molar-refractivity contribution in [1.82, 2.24) is 5.32 Å². The molecule has 0 saturated carbocycles. The van der Waals surface area contributed by atoms with Gasteiger partial charge >= 0.3 is 0 Å². The number of rotatable bonds is 42. The predicted octanol–water partition coefficient (Wildman–Crippen LogP) is 14.6. The van der Waals surface area contributed by atoms with Crippen molar-refractivity contribution in [1.29, 1.82) is 0 Å². The molecule has 306 valence electrons. The molecule has 0 aromatic rings. The molecule has 4 nitrogen and oxygen atoms in total. The van der Waals surface area contributed by atoms with Gasteiger partial charge in [-0.2, -0.15) is 0 Å². The van der Waals surface area contributed by atoms with Gasteiger partial charge in [0.2, 0.25) is 5.91 Å². The highest BCUT2D eigenvalue weighted by Gasteiger charge is 2.17. The number of allylic oxidation sites excluding steroid dienone is 5. The van der Waals surface area contributed by atoms with Crippen molar-refractivity contribution >= 4 is 5.91 Å². The van der Waals surface area contributed by atoms with Crippen molar-refractivity contribution in [3.05, 3.63) is 36.5 Å². The monoisotopic (exact) mass is 730 g/mol. The Morgan fingerprint density at radius 1 is 0.462 bits per heavy atom. The van der Waals surface area contributed by atoms with E-state index >= 15 is 0 Å². The van der Waals surface area contributed by atoms with Crippen molar-refractivity contribution in [2.75, 3.05) is 6.61 Å². The quantitative estimate of drug-likeness (QED) is 0.0433. The fraction of sp³-hybridized carbons (Fsp3) is 0.854. The molecule has 3 N–H and O–H groups in total. The van der Waals surface area contributed by atoms with Gasteiger partial charge in [0.1, 0.15) is 0 Å². The number of carbonyl (C=O) groups excluding carboxylic acids is 1. The van der Waals surface area contributed by atoms with Crippen LogP contribution in [0.2, 0.25) is 0 Å². The van der Waals surface area contributed by atoms with Gasteiger partial charge in [-0.25, -0.2) is 0 Å². The Kier molecular flexibility index (Phi) is 42.8. The Balaban J connectivity index is 3.52. The molecule has 0 spiro atoms. The van der Waals surface area contributed by atoms with Gasteiger partial charge in [0.25, 0.3) is 0 Å². The van der Waals surface area contributed by atoms with Crippen molar-refractivity contribution in [2.24, 2.45) is 0 Å². The fourth-order valence-corrected chi connectivity index (χ4v) is 7.03. The maximum atomic E-state index is 12.4. The normalized spacial score (nSPS) is 13.2. The Bertz CT molecular complexity index is 790. The third kappa shape index (κ3) is 39.8. The summed E-state index contributed by atoms with van der Waals surface area (Å²) in [5.74, 6) is -0.0639. The summed E-state index contributed by atoms with van der Waals surface area (Å²) < 4.78 is 0. The van der Waals surface area contributed by atoms with Crippen LogP contribution in [0.1, 0.15) is 245 Å². The molecule has 52 heavy (non-hydrogen) atoms. The molecule has 0 aromatic carbocycles. The summed E-state index contributed by atoms with van der Waals surface area (Å²) >= 11 is 0. The van der Waals surface area contributed by atoms with Crippen LogP contribution >= 0.6 is 0 Å². The zero-order valence-corrected chi connectivity index (χ0v) is 35.1. The van der Waals surface area contributed by atoms with Gasteiger partial charge in [-0.05, 0) is 51.4 Å². The molecule has 0 aliphatic carbocycles. The molecule has 0 aromatic heterocycles. The number of aliphatic hydroxyl groups is 2. The lowest BCUT2D eigenvalue weighted by Gasteiger charge is -2.20. The van der Waals surface area contributed by atoms with E-state index in [2.05, 4.69) is 43.5 Å². The van der Waals surface area contributed by atoms with E-state index in [9.17, 15) is 15.0 Å². The molecule has 2 unspecified atom stereocenters. The first-order valence-corrected chi connectivity index (χ1v) is 23.2. The van der Waals surface area contributed by atoms with Crippen LogP contribution in [-0.2, 0) is 4.79 Å². The van der Waals surface area contributed by atoms with Crippen molar-refractivity contribution in [3.8, 4) is 0 Å². The van der Waals surface area contributed by atoms with Gasteiger partial charge in [0.05, 0.1) is 18.8 Å². The second-order valence-electron chi connectivity index (χ2n) is 15.8. The zero-order chi connectivity index (χ0) is 37.8. The zero-order valence-electron chi connectivity index (χ0n) is 35.1. The molecule has 0 bridgehead atoms. The molecular formula is C48H91NO3. The number of amides is 1. The summed E-state index contributed by atoms with van der Waals surface area (Å²) in [6, 6.07) is -0.621. The lowest BCUT2D eigenvalue weighted by atomic mass is 10.0. The Morgan fingerprint density at radius 2 is 0.788 bits per heavy atom. The van der Waals surface area contributed by atoms with E-state index in [1.165, 1.54) is 193 Å². The maximum absolute atomic E-state index is 12.4. The smallest absolute Gasteiger partial charge is 0.220 e. The second kappa shape index (κ2) is 44.0. The van der Waals surface area contributed by atoms with Crippen LogP contribution in [0, 0.1) is 0 Å². The van der Waals surface area contributed by atoms with Crippen LogP contribution in [0.3, 0.4) is 0 Å². The van der Waals surface area contributed by atoms with Gasteiger partial charge in [0, 0.05) is 6.42 Å². The average molecular weight is 730 g/mol. The van der Waals surface area contributed by atoms with Crippen molar-refractivity contribution < 1.29 is 15.0 Å². The minimum Gasteiger partial charge on any atom is -0.394 e. The van der Waals surface area contributed by atoms with Crippen LogP contribution in [0.5, 0.6) is 0 Å². The highest BCUT2D eigenvalue weighted by atomic mass is 16.3. The van der Waals surface area contributed by atoms with Gasteiger partial charge < -0.3 is 15.5 Å². The van der Waals surface area contributed by atoms with Crippen molar-refractivity contribution in [3.63, 3.8) is 0 Å². The minimum absolute atomic E-state index is 0.0639. The first kappa shape index (κ1) is 50.6. The van der Waals surface area contributed by atoms with E-state index in [-0.39, 0.29) is 12.5 Å². The average Bonchev–Trinajstić information content (AvgIpc) is 3.15. The Morgan fingerprint density at radius 3 is 1.15 bits per heavy atom. The topological polar surface area (TPSA) is 69.6 Å². The van der Waals surface area contributed by atoms with Gasteiger partial charge in [0.15, 0.2) is 0 Å². The number of carbonyl (C=O) groups is 1. The van der Waals surface area contributed by atoms with E-state index < -0.39 is 12.1 Å². The van der Waals surface area contributed by atoms with E-state index in [0.29, 0.717) is 6.42 Å². The summed E-state index contributed by atoms with van der Waals surface area (Å²) in [5, 5.41) is 23.0. The van der Waals surface area contributed by atoms with Crippen LogP contribution in [0.15, 0.2) is 36.5 Å². The van der Waals surface area contributed by atoms with Crippen LogP contribution in [0.4, 0.5) is 0 Å². The van der Waals surface area contributed by atoms with E-state index in [4.69, 9.17) is 0 Å². The SMILES string of the molecule is CCCCCCC/C=C\C/C=C\CCCCCCCCCCCCCCCC(=O)NC(CO)C(O)/C=C/CCCCCCCCCCCCCCC. The highest BCUT2D eigenvalue weighted by molar-refractivity contribution is 5.76. The summed E-state index contributed by atoms with van der Waals surface area (Å²) in [7, 11) is 0. The summed E-state index contributed by atoms with van der Waals surface area (Å²) in [6.45, 7) is 4.31. The molecule has 0 rings (SSSR count). The fourth-order valence-electron chi connectivity index (χ4n) is 7.03. The molecule has 0 radical (unpaired) electrons. The van der Waals surface area contributed by atoms with Crippen molar-refractivity contribution in [2.45, 2.75) is 257 Å². The van der Waals surface area contributed by atoms with E-state index in [1.54, 1.807) is 6.08 Å². The molecule has 0 heterocycles. The first-order valence-electron chi connectivity index (χ1n) is 23.2. The Labute approximate surface area is 325 Å². The third-order valence-electron chi connectivity index (χ3n) is 10.6. The maximum Gasteiger partial charge on any atom is 0.220 e. The molecule has 0 fully saturated rings. The largest absolute Gasteiger partial charge is 0.394 e. The Hall–Kier alpha value is -1.39. The van der Waals surface area contributed by atoms with Gasteiger partial charge in [-0.3, -0.25) is 4.79 Å². The number of aliphatic hydroxyl groups excluding tert-OH is 2. The molecule has 0 aliphatic rings. The van der Waals surface area contributed by atoms with Crippen LogP contribution in [-0.4, -0.2) is 34.9 Å². The lowest BCUT2D eigenvalue weighted by molar-refractivity contribution is -0.123. The first-order chi connectivity index (χ1) is 25.7. The standard InChI is InChI=1S/C48H91NO3/c1-3-5-7-9-11-13-15-17-19-20-21-22-23-24-25-26-27-28-30-32-34-36-38-40-42-44-48(52)49-46(45-50)47(51)43-41-39-37-35-33-31-29-18-16-14-12-10-8-6-4-2/h15,17,20-21,41,43,46-47,50-51H,3-14,16,18-19,22-40,42,44-45H2,1-2H3,(H,49,52)/b17-15-,21-20-,43-41+. The van der Waals surface area contributed by atoms with Crippen LogP contribution in [0.25, 0.3) is 0 Å². The number of unbranched alkanes of at least 4 members (excludes halogenated alkanes) is 31. The minimum atomic E-state index is -0.838. The second-order valence-corrected chi connectivity index (χ2v) is 15.8. The van der Waals surface area contributed by atoms with Gasteiger partial charge in [-0.15, -0.1) is 0 Å². The summed E-state index contributed by atoms with van der Waals surface area (Å²) in [4.78, 5) is 12.4. The number of hydrogen-bond acceptors (Lipinski definition) is 3. The molecular weight excluding hydrogens is 639 g/mol. The molecule has 0 aliphatic heterocycles. The predicted molar refractivity (Wildman–Crippen MR) is 230 cm³/mol. The van der Waals surface area contributed by atoms with E-state index in [0.717, 1.165) is 32.1 Å². The van der Waals surface area contributed by atoms with Crippen LogP contribution < -0.4 is 5.32 Å². The molecule has 1 amide bonds. The summed E-state index contributed by atoms with van der Waals surface area (Å²) in [6.07, 6.45) is 58.3.